The van der Waals surface area contributed by atoms with Gasteiger partial charge in [-0.3, -0.25) is 4.79 Å². The molecule has 25 heavy (non-hydrogen) atoms. The molecule has 6 unspecified atom stereocenters. The van der Waals surface area contributed by atoms with Crippen molar-refractivity contribution in [3.63, 3.8) is 0 Å². The molecule has 0 radical (unpaired) electrons. The largest absolute Gasteiger partial charge is 0.393 e. The molecular weight excluding hydrogens is 316 g/mol. The highest BCUT2D eigenvalue weighted by molar-refractivity contribution is 5.84. The first-order valence-electron chi connectivity index (χ1n) is 10.3. The summed E-state index contributed by atoms with van der Waals surface area (Å²) < 4.78 is 11.8. The fraction of sp³-hybridized carbons (Fsp3) is 0.857. The number of fused-ring (bicyclic) bond motifs is 5. The monoisotopic (exact) mass is 346 g/mol. The quantitative estimate of drug-likeness (QED) is 0.741. The normalized spacial score (nSPS) is 48.0. The van der Waals surface area contributed by atoms with E-state index in [1.165, 1.54) is 5.57 Å². The van der Waals surface area contributed by atoms with Gasteiger partial charge in [0.25, 0.3) is 0 Å². The van der Waals surface area contributed by atoms with Crippen LogP contribution in [0.15, 0.2) is 11.6 Å². The van der Waals surface area contributed by atoms with Gasteiger partial charge in [-0.25, -0.2) is 0 Å². The number of hydrogen-bond donors (Lipinski definition) is 1. The lowest BCUT2D eigenvalue weighted by molar-refractivity contribution is -0.152. The average molecular weight is 346 g/mol. The number of ether oxygens (including phenoxy) is 2. The molecule has 3 saturated carbocycles. The van der Waals surface area contributed by atoms with E-state index in [2.05, 4.69) is 13.0 Å². The Kier molecular flexibility index (Phi) is 3.71. The van der Waals surface area contributed by atoms with Crippen LogP contribution in [-0.2, 0) is 14.3 Å². The Balaban J connectivity index is 1.47. The molecule has 138 valence electrons. The molecule has 0 bridgehead atoms. The molecule has 5 aliphatic rings. The highest BCUT2D eigenvalue weighted by Gasteiger charge is 2.60. The lowest BCUT2D eigenvalue weighted by Gasteiger charge is -2.54. The minimum absolute atomic E-state index is 0.132. The highest BCUT2D eigenvalue weighted by Crippen LogP contribution is 2.62. The molecule has 0 aromatic rings. The summed E-state index contributed by atoms with van der Waals surface area (Å²) in [4.78, 5) is 13.2. The number of Topliss-reactive ketones (excluding diaryl/α,β-unsaturated/α-hetero) is 1. The van der Waals surface area contributed by atoms with Crippen LogP contribution in [0.5, 0.6) is 0 Å². The third-order valence-electron chi connectivity index (χ3n) is 8.33. The van der Waals surface area contributed by atoms with E-state index < -0.39 is 5.79 Å². The van der Waals surface area contributed by atoms with Crippen LogP contribution < -0.4 is 0 Å². The lowest BCUT2D eigenvalue weighted by Crippen LogP contribution is -2.53. The Morgan fingerprint density at radius 2 is 2.00 bits per heavy atom. The maximum atomic E-state index is 13.2. The van der Waals surface area contributed by atoms with Crippen LogP contribution in [0.4, 0.5) is 0 Å². The van der Waals surface area contributed by atoms with E-state index >= 15 is 0 Å². The number of hydrogen-bond acceptors (Lipinski definition) is 4. The van der Waals surface area contributed by atoms with Gasteiger partial charge in [0.05, 0.1) is 19.3 Å². The number of aliphatic hydroxyl groups excluding tert-OH is 1. The number of allylic oxidation sites excluding steroid dienone is 1. The Labute approximate surface area is 150 Å². The molecule has 6 atom stereocenters. The zero-order chi connectivity index (χ0) is 17.2. The van der Waals surface area contributed by atoms with Gasteiger partial charge in [0, 0.05) is 24.2 Å². The fourth-order valence-corrected chi connectivity index (χ4v) is 7.21. The number of carbonyl (C=O) groups is 1. The summed E-state index contributed by atoms with van der Waals surface area (Å²) >= 11 is 0. The molecule has 1 heterocycles. The SMILES string of the molecule is CCC12CC(=O)C3C4CCC5(C=C4CCC3C1CCC2O)OCCO5. The van der Waals surface area contributed by atoms with Crippen LogP contribution in [0.1, 0.15) is 58.3 Å². The summed E-state index contributed by atoms with van der Waals surface area (Å²) in [5.74, 6) is 1.49. The molecule has 1 aliphatic heterocycles. The van der Waals surface area contributed by atoms with E-state index in [1.807, 2.05) is 0 Å². The maximum absolute atomic E-state index is 13.2. The van der Waals surface area contributed by atoms with Crippen molar-refractivity contribution in [1.29, 1.82) is 0 Å². The van der Waals surface area contributed by atoms with Crippen LogP contribution in [-0.4, -0.2) is 36.0 Å². The number of rotatable bonds is 1. The van der Waals surface area contributed by atoms with Crippen molar-refractivity contribution < 1.29 is 19.4 Å². The maximum Gasteiger partial charge on any atom is 0.188 e. The van der Waals surface area contributed by atoms with Crippen LogP contribution in [0.3, 0.4) is 0 Å². The lowest BCUT2D eigenvalue weighted by atomic mass is 9.50. The number of carbonyl (C=O) groups excluding carboxylic acids is 1. The Morgan fingerprint density at radius 3 is 2.76 bits per heavy atom. The van der Waals surface area contributed by atoms with E-state index in [1.54, 1.807) is 0 Å². The number of ketones is 1. The van der Waals surface area contributed by atoms with Crippen LogP contribution in [0.25, 0.3) is 0 Å². The van der Waals surface area contributed by atoms with Gasteiger partial charge in [-0.2, -0.15) is 0 Å². The Morgan fingerprint density at radius 1 is 1.20 bits per heavy atom. The zero-order valence-corrected chi connectivity index (χ0v) is 15.2. The first-order chi connectivity index (χ1) is 12.1. The molecule has 1 N–H and O–H groups in total. The van der Waals surface area contributed by atoms with Gasteiger partial charge in [-0.15, -0.1) is 0 Å². The molecule has 1 saturated heterocycles. The molecule has 4 heteroatoms. The second-order valence-corrected chi connectivity index (χ2v) is 9.03. The van der Waals surface area contributed by atoms with Crippen molar-refractivity contribution in [1.82, 2.24) is 0 Å². The topological polar surface area (TPSA) is 55.8 Å². The minimum Gasteiger partial charge on any atom is -0.393 e. The van der Waals surface area contributed by atoms with Gasteiger partial charge in [0.15, 0.2) is 5.79 Å². The smallest absolute Gasteiger partial charge is 0.188 e. The highest BCUT2D eigenvalue weighted by atomic mass is 16.7. The van der Waals surface area contributed by atoms with Crippen LogP contribution in [0.2, 0.25) is 0 Å². The van der Waals surface area contributed by atoms with Crippen LogP contribution >= 0.6 is 0 Å². The van der Waals surface area contributed by atoms with Gasteiger partial charge in [0.1, 0.15) is 5.78 Å². The van der Waals surface area contributed by atoms with Crippen molar-refractivity contribution in [2.45, 2.75) is 70.2 Å². The molecule has 4 nitrogen and oxygen atoms in total. The molecule has 1 spiro atoms. The standard InChI is InChI=1S/C21H30O4/c1-2-20-12-17(22)19-14-7-8-21(24-9-10-25-21)11-13(14)3-4-15(19)16(20)5-6-18(20)23/h11,14-16,18-19,23H,2-10,12H2,1H3. The average Bonchev–Trinajstić information content (AvgIpc) is 3.20. The first kappa shape index (κ1) is 16.5. The molecule has 5 rings (SSSR count). The Hall–Kier alpha value is -0.710. The first-order valence-corrected chi connectivity index (χ1v) is 10.3. The third-order valence-corrected chi connectivity index (χ3v) is 8.33. The minimum atomic E-state index is -0.493. The summed E-state index contributed by atoms with van der Waals surface area (Å²) in [6.07, 6.45) is 9.51. The van der Waals surface area contributed by atoms with E-state index in [-0.39, 0.29) is 17.4 Å². The zero-order valence-electron chi connectivity index (χ0n) is 15.2. The van der Waals surface area contributed by atoms with Gasteiger partial charge < -0.3 is 14.6 Å². The van der Waals surface area contributed by atoms with Crippen LogP contribution in [0, 0.1) is 29.1 Å². The fourth-order valence-electron chi connectivity index (χ4n) is 7.21. The molecule has 0 aromatic carbocycles. The van der Waals surface area contributed by atoms with E-state index in [0.717, 1.165) is 44.9 Å². The molecule has 4 fully saturated rings. The van der Waals surface area contributed by atoms with E-state index in [0.29, 0.717) is 43.2 Å². The molecule has 4 aliphatic carbocycles. The van der Waals surface area contributed by atoms with Crippen molar-refractivity contribution >= 4 is 5.78 Å². The second-order valence-electron chi connectivity index (χ2n) is 9.03. The van der Waals surface area contributed by atoms with Crippen molar-refractivity contribution in [2.24, 2.45) is 29.1 Å². The van der Waals surface area contributed by atoms with E-state index in [9.17, 15) is 9.90 Å². The van der Waals surface area contributed by atoms with Gasteiger partial charge in [-0.1, -0.05) is 12.5 Å². The van der Waals surface area contributed by atoms with Crippen molar-refractivity contribution in [2.75, 3.05) is 13.2 Å². The van der Waals surface area contributed by atoms with Gasteiger partial charge in [-0.05, 0) is 62.4 Å². The summed E-state index contributed by atoms with van der Waals surface area (Å²) in [6, 6.07) is 0. The number of aliphatic hydroxyl groups is 1. The molecular formula is C21H30O4. The summed E-state index contributed by atoms with van der Waals surface area (Å²) in [5, 5.41) is 10.7. The van der Waals surface area contributed by atoms with Gasteiger partial charge >= 0.3 is 0 Å². The third kappa shape index (κ3) is 2.20. The Bertz CT molecular complexity index is 605. The molecule has 0 amide bonds. The van der Waals surface area contributed by atoms with Crippen molar-refractivity contribution in [3.8, 4) is 0 Å². The van der Waals surface area contributed by atoms with Gasteiger partial charge in [0.2, 0.25) is 0 Å². The summed E-state index contributed by atoms with van der Waals surface area (Å²) in [6.45, 7) is 3.53. The predicted molar refractivity (Wildman–Crippen MR) is 92.7 cm³/mol. The summed E-state index contributed by atoms with van der Waals surface area (Å²) in [5.41, 5.74) is 1.28. The second kappa shape index (κ2) is 5.64. The summed E-state index contributed by atoms with van der Waals surface area (Å²) in [7, 11) is 0. The molecule has 0 aromatic heterocycles. The predicted octanol–water partition coefficient (Wildman–Crippen LogP) is 3.23. The van der Waals surface area contributed by atoms with Crippen molar-refractivity contribution in [3.05, 3.63) is 11.6 Å². The van der Waals surface area contributed by atoms with E-state index in [4.69, 9.17) is 9.47 Å².